The molecule has 5 nitrogen and oxygen atoms in total. The molecule has 2 amide bonds. The quantitative estimate of drug-likeness (QED) is 0.822. The minimum atomic E-state index is -0.211. The van der Waals surface area contributed by atoms with Crippen LogP contribution in [-0.4, -0.2) is 40.8 Å². The van der Waals surface area contributed by atoms with Crippen molar-refractivity contribution in [3.63, 3.8) is 0 Å². The highest BCUT2D eigenvalue weighted by atomic mass is 35.5. The van der Waals surface area contributed by atoms with E-state index in [0.29, 0.717) is 30.6 Å². The van der Waals surface area contributed by atoms with Gasteiger partial charge in [0.25, 0.3) is 0 Å². The van der Waals surface area contributed by atoms with Crippen molar-refractivity contribution in [3.05, 3.63) is 35.0 Å². The van der Waals surface area contributed by atoms with Gasteiger partial charge in [0, 0.05) is 47.7 Å². The van der Waals surface area contributed by atoms with E-state index >= 15 is 0 Å². The van der Waals surface area contributed by atoms with Gasteiger partial charge in [-0.05, 0) is 43.0 Å². The number of halogens is 1. The van der Waals surface area contributed by atoms with Gasteiger partial charge in [-0.25, -0.2) is 0 Å². The number of H-pyrrole nitrogens is 1. The summed E-state index contributed by atoms with van der Waals surface area (Å²) >= 11 is 6.11. The van der Waals surface area contributed by atoms with Crippen LogP contribution in [0.5, 0.6) is 0 Å². The van der Waals surface area contributed by atoms with Crippen LogP contribution in [0.2, 0.25) is 5.02 Å². The number of nitrogens with one attached hydrogen (secondary N) is 2. The van der Waals surface area contributed by atoms with Gasteiger partial charge >= 0.3 is 0 Å². The summed E-state index contributed by atoms with van der Waals surface area (Å²) in [6, 6.07) is 6.08. The molecule has 1 aromatic heterocycles. The Kier molecular flexibility index (Phi) is 5.39. The molecule has 2 fully saturated rings. The van der Waals surface area contributed by atoms with Crippen LogP contribution in [0.3, 0.4) is 0 Å². The highest BCUT2D eigenvalue weighted by molar-refractivity contribution is 6.31. The molecule has 1 unspecified atom stereocenters. The summed E-state index contributed by atoms with van der Waals surface area (Å²) < 4.78 is 0. The minimum Gasteiger partial charge on any atom is -0.361 e. The number of hydrogen-bond acceptors (Lipinski definition) is 2. The van der Waals surface area contributed by atoms with E-state index in [4.69, 9.17) is 11.6 Å². The molecular formula is C21H26ClN3O2. The van der Waals surface area contributed by atoms with Crippen LogP contribution < -0.4 is 5.32 Å². The highest BCUT2D eigenvalue weighted by Gasteiger charge is 2.34. The van der Waals surface area contributed by atoms with E-state index in [9.17, 15) is 9.59 Å². The third-order valence-electron chi connectivity index (χ3n) is 5.92. The molecule has 1 saturated heterocycles. The standard InChI is InChI=1S/C21H26ClN3O2/c22-16-6-7-19-18(11-16)14(12-23-19)8-9-25-13-15(10-20(25)26)21(27)24-17-4-2-1-3-5-17/h6-7,11-12,15,17,23H,1-5,8-10,13H2,(H,24,27). The van der Waals surface area contributed by atoms with E-state index in [0.717, 1.165) is 35.7 Å². The zero-order valence-electron chi connectivity index (χ0n) is 15.5. The molecule has 0 radical (unpaired) electrons. The number of hydrogen-bond donors (Lipinski definition) is 2. The highest BCUT2D eigenvalue weighted by Crippen LogP contribution is 2.25. The van der Waals surface area contributed by atoms with Gasteiger partial charge < -0.3 is 15.2 Å². The van der Waals surface area contributed by atoms with E-state index in [-0.39, 0.29) is 17.7 Å². The molecule has 6 heteroatoms. The molecular weight excluding hydrogens is 362 g/mol. The number of benzene rings is 1. The molecule has 2 N–H and O–H groups in total. The summed E-state index contributed by atoms with van der Waals surface area (Å²) in [5.74, 6) is -0.0786. The maximum atomic E-state index is 12.5. The van der Waals surface area contributed by atoms with Crippen LogP contribution >= 0.6 is 11.6 Å². The smallest absolute Gasteiger partial charge is 0.225 e. The van der Waals surface area contributed by atoms with Gasteiger partial charge in [-0.2, -0.15) is 0 Å². The zero-order chi connectivity index (χ0) is 18.8. The normalized spacial score (nSPS) is 21.1. The molecule has 144 valence electrons. The number of carbonyl (C=O) groups excluding carboxylic acids is 2. The van der Waals surface area contributed by atoms with E-state index in [1.54, 1.807) is 0 Å². The summed E-state index contributed by atoms with van der Waals surface area (Å²) in [5.41, 5.74) is 2.20. The summed E-state index contributed by atoms with van der Waals surface area (Å²) in [6.45, 7) is 1.16. The number of carbonyl (C=O) groups is 2. The van der Waals surface area contributed by atoms with Crippen LogP contribution in [-0.2, 0) is 16.0 Å². The van der Waals surface area contributed by atoms with Crippen molar-refractivity contribution in [2.45, 2.75) is 51.0 Å². The molecule has 27 heavy (non-hydrogen) atoms. The Labute approximate surface area is 164 Å². The van der Waals surface area contributed by atoms with E-state index in [1.807, 2.05) is 29.3 Å². The lowest BCUT2D eigenvalue weighted by atomic mass is 9.95. The SMILES string of the molecule is O=C(NC1CCCCC1)C1CC(=O)N(CCc2c[nH]c3ccc(Cl)cc23)C1. The number of aromatic amines is 1. The van der Waals surface area contributed by atoms with Crippen molar-refractivity contribution in [2.24, 2.45) is 5.92 Å². The monoisotopic (exact) mass is 387 g/mol. The third-order valence-corrected chi connectivity index (χ3v) is 6.15. The molecule has 0 spiro atoms. The van der Waals surface area contributed by atoms with Crippen molar-refractivity contribution in [3.8, 4) is 0 Å². The second kappa shape index (κ2) is 7.93. The number of rotatable bonds is 5. The van der Waals surface area contributed by atoms with E-state index in [2.05, 4.69) is 10.3 Å². The van der Waals surface area contributed by atoms with Crippen LogP contribution in [0.4, 0.5) is 0 Å². The summed E-state index contributed by atoms with van der Waals surface area (Å²) in [6.07, 6.45) is 8.85. The predicted octanol–water partition coefficient (Wildman–Crippen LogP) is 3.66. The number of amides is 2. The molecule has 2 aromatic rings. The molecule has 1 saturated carbocycles. The fraction of sp³-hybridized carbons (Fsp3) is 0.524. The second-order valence-corrected chi connectivity index (χ2v) is 8.27. The van der Waals surface area contributed by atoms with Gasteiger partial charge in [-0.15, -0.1) is 0 Å². The van der Waals surface area contributed by atoms with Crippen LogP contribution in [0, 0.1) is 5.92 Å². The second-order valence-electron chi connectivity index (χ2n) is 7.84. The number of fused-ring (bicyclic) bond motifs is 1. The van der Waals surface area contributed by atoms with Crippen molar-refractivity contribution in [1.29, 1.82) is 0 Å². The predicted molar refractivity (Wildman–Crippen MR) is 107 cm³/mol. The van der Waals surface area contributed by atoms with Crippen molar-refractivity contribution in [1.82, 2.24) is 15.2 Å². The number of aromatic nitrogens is 1. The Hall–Kier alpha value is -2.01. The third kappa shape index (κ3) is 4.13. The Morgan fingerprint density at radius 3 is 2.89 bits per heavy atom. The molecule has 4 rings (SSSR count). The molecule has 2 aliphatic rings. The molecule has 1 aromatic carbocycles. The largest absolute Gasteiger partial charge is 0.361 e. The minimum absolute atomic E-state index is 0.0524. The Bertz CT molecular complexity index is 841. The molecule has 1 aliphatic heterocycles. The maximum absolute atomic E-state index is 12.5. The molecule has 1 atom stereocenters. The first kappa shape index (κ1) is 18.4. The topological polar surface area (TPSA) is 65.2 Å². The average molecular weight is 388 g/mol. The maximum Gasteiger partial charge on any atom is 0.225 e. The van der Waals surface area contributed by atoms with Gasteiger partial charge in [0.1, 0.15) is 0 Å². The van der Waals surface area contributed by atoms with Gasteiger partial charge in [-0.3, -0.25) is 9.59 Å². The Morgan fingerprint density at radius 1 is 1.26 bits per heavy atom. The van der Waals surface area contributed by atoms with Crippen molar-refractivity contribution in [2.75, 3.05) is 13.1 Å². The van der Waals surface area contributed by atoms with E-state index < -0.39 is 0 Å². The molecule has 2 heterocycles. The van der Waals surface area contributed by atoms with Crippen molar-refractivity contribution >= 4 is 34.3 Å². The van der Waals surface area contributed by atoms with Crippen molar-refractivity contribution < 1.29 is 9.59 Å². The molecule has 1 aliphatic carbocycles. The average Bonchev–Trinajstić information content (AvgIpc) is 3.24. The number of nitrogens with zero attached hydrogens (tertiary/aromatic N) is 1. The Morgan fingerprint density at radius 2 is 2.07 bits per heavy atom. The fourth-order valence-electron chi connectivity index (χ4n) is 4.34. The van der Waals surface area contributed by atoms with Gasteiger partial charge in [0.15, 0.2) is 0 Å². The molecule has 0 bridgehead atoms. The first-order chi connectivity index (χ1) is 13.1. The zero-order valence-corrected chi connectivity index (χ0v) is 16.2. The first-order valence-electron chi connectivity index (χ1n) is 9.94. The lowest BCUT2D eigenvalue weighted by molar-refractivity contribution is -0.129. The van der Waals surface area contributed by atoms with Gasteiger partial charge in [0.2, 0.25) is 11.8 Å². The fourth-order valence-corrected chi connectivity index (χ4v) is 4.51. The lowest BCUT2D eigenvalue weighted by Crippen LogP contribution is -2.40. The summed E-state index contributed by atoms with van der Waals surface area (Å²) in [7, 11) is 0. The lowest BCUT2D eigenvalue weighted by Gasteiger charge is -2.24. The van der Waals surface area contributed by atoms with Gasteiger partial charge in [0.05, 0.1) is 5.92 Å². The Balaban J connectivity index is 1.33. The van der Waals surface area contributed by atoms with E-state index in [1.165, 1.54) is 19.3 Å². The van der Waals surface area contributed by atoms with Gasteiger partial charge in [-0.1, -0.05) is 30.9 Å². The first-order valence-corrected chi connectivity index (χ1v) is 10.3. The van der Waals surface area contributed by atoms with Crippen LogP contribution in [0.25, 0.3) is 10.9 Å². The van der Waals surface area contributed by atoms with Crippen LogP contribution in [0.15, 0.2) is 24.4 Å². The summed E-state index contributed by atoms with van der Waals surface area (Å²) in [4.78, 5) is 30.0. The summed E-state index contributed by atoms with van der Waals surface area (Å²) in [5, 5.41) is 4.97. The number of likely N-dealkylation sites (tertiary alicyclic amines) is 1. The van der Waals surface area contributed by atoms with Crippen LogP contribution in [0.1, 0.15) is 44.1 Å².